The zero-order valence-electron chi connectivity index (χ0n) is 13.3. The number of primary amides is 1. The van der Waals surface area contributed by atoms with Gasteiger partial charge in [0.15, 0.2) is 0 Å². The highest BCUT2D eigenvalue weighted by Gasteiger charge is 2.23. The Morgan fingerprint density at radius 1 is 1.38 bits per heavy atom. The third kappa shape index (κ3) is 3.46. The number of nitrogens with one attached hydrogen (secondary N) is 1. The van der Waals surface area contributed by atoms with Crippen LogP contribution in [-0.4, -0.2) is 30.0 Å². The van der Waals surface area contributed by atoms with Gasteiger partial charge in [-0.25, -0.2) is 4.98 Å². The summed E-state index contributed by atoms with van der Waals surface area (Å²) in [5.41, 5.74) is 7.49. The van der Waals surface area contributed by atoms with Crippen molar-refractivity contribution >= 4 is 17.4 Å². The van der Waals surface area contributed by atoms with Crippen LogP contribution in [0, 0.1) is 11.3 Å². The fourth-order valence-electron chi connectivity index (χ4n) is 3.06. The van der Waals surface area contributed by atoms with E-state index in [0.29, 0.717) is 16.9 Å². The minimum atomic E-state index is -0.413. The molecule has 6 nitrogen and oxygen atoms in total. The molecule has 1 fully saturated rings. The lowest BCUT2D eigenvalue weighted by molar-refractivity contribution is 0.100. The number of nitrogens with zero attached hydrogens (tertiary/aromatic N) is 3. The maximum atomic E-state index is 11.6. The van der Waals surface area contributed by atoms with Gasteiger partial charge in [0.25, 0.3) is 5.91 Å². The molecule has 1 aliphatic rings. The van der Waals surface area contributed by atoms with Gasteiger partial charge in [0.2, 0.25) is 0 Å². The molecule has 1 atom stereocenters. The van der Waals surface area contributed by atoms with Crippen molar-refractivity contribution in [2.45, 2.75) is 18.9 Å². The van der Waals surface area contributed by atoms with Crippen LogP contribution in [-0.2, 0) is 0 Å². The molecule has 1 aromatic carbocycles. The number of aromatic nitrogens is 1. The molecular formula is C18H19N5O. The van der Waals surface area contributed by atoms with Gasteiger partial charge < -0.3 is 16.0 Å². The van der Waals surface area contributed by atoms with E-state index in [1.165, 1.54) is 0 Å². The van der Waals surface area contributed by atoms with Gasteiger partial charge in [-0.3, -0.25) is 4.79 Å². The molecule has 1 aromatic heterocycles. The van der Waals surface area contributed by atoms with E-state index in [1.807, 2.05) is 18.2 Å². The lowest BCUT2D eigenvalue weighted by Crippen LogP contribution is -2.43. The molecule has 2 aromatic rings. The number of nitrogens with two attached hydrogens (primary N) is 1. The molecule has 24 heavy (non-hydrogen) atoms. The first kappa shape index (κ1) is 15.8. The summed E-state index contributed by atoms with van der Waals surface area (Å²) in [6, 6.07) is 13.2. The molecule has 2 heterocycles. The Bertz CT molecular complexity index is 783. The number of hydrogen-bond donors (Lipinski definition) is 2. The van der Waals surface area contributed by atoms with Crippen molar-refractivity contribution in [3.63, 3.8) is 0 Å². The second kappa shape index (κ2) is 7.01. The summed E-state index contributed by atoms with van der Waals surface area (Å²) in [6.07, 6.45) is 3.64. The van der Waals surface area contributed by atoms with Gasteiger partial charge in [-0.1, -0.05) is 12.1 Å². The smallest absolute Gasteiger partial charge is 0.250 e. The fourth-order valence-corrected chi connectivity index (χ4v) is 3.06. The van der Waals surface area contributed by atoms with Gasteiger partial charge in [0.1, 0.15) is 5.82 Å². The van der Waals surface area contributed by atoms with Crippen LogP contribution in [0.1, 0.15) is 28.8 Å². The van der Waals surface area contributed by atoms with Crippen LogP contribution in [0.2, 0.25) is 0 Å². The summed E-state index contributed by atoms with van der Waals surface area (Å²) in [5, 5.41) is 12.4. The molecule has 0 aliphatic carbocycles. The molecule has 0 spiro atoms. The normalized spacial score (nSPS) is 17.1. The molecule has 1 saturated heterocycles. The lowest BCUT2D eigenvalue weighted by Gasteiger charge is -2.35. The van der Waals surface area contributed by atoms with E-state index in [2.05, 4.69) is 21.3 Å². The maximum absolute atomic E-state index is 11.6. The van der Waals surface area contributed by atoms with Crippen molar-refractivity contribution in [2.75, 3.05) is 23.3 Å². The number of hydrogen-bond acceptors (Lipinski definition) is 5. The first-order valence-corrected chi connectivity index (χ1v) is 7.94. The third-order valence-corrected chi connectivity index (χ3v) is 4.17. The minimum absolute atomic E-state index is 0.195. The van der Waals surface area contributed by atoms with Crippen LogP contribution < -0.4 is 16.0 Å². The first-order chi connectivity index (χ1) is 11.7. The quantitative estimate of drug-likeness (QED) is 0.899. The summed E-state index contributed by atoms with van der Waals surface area (Å²) in [7, 11) is 0. The number of piperidine rings is 1. The summed E-state index contributed by atoms with van der Waals surface area (Å²) < 4.78 is 0. The van der Waals surface area contributed by atoms with Crippen LogP contribution in [0.5, 0.6) is 0 Å². The number of benzene rings is 1. The zero-order valence-corrected chi connectivity index (χ0v) is 13.3. The predicted molar refractivity (Wildman–Crippen MR) is 92.8 cm³/mol. The second-order valence-electron chi connectivity index (χ2n) is 5.85. The van der Waals surface area contributed by atoms with Gasteiger partial charge in [-0.05, 0) is 37.1 Å². The molecule has 1 unspecified atom stereocenters. The monoisotopic (exact) mass is 321 g/mol. The minimum Gasteiger partial charge on any atom is -0.369 e. The van der Waals surface area contributed by atoms with Crippen molar-refractivity contribution in [1.82, 2.24) is 4.98 Å². The highest BCUT2D eigenvalue weighted by molar-refractivity contribution is 5.98. The number of rotatable bonds is 4. The summed E-state index contributed by atoms with van der Waals surface area (Å²) in [4.78, 5) is 18.1. The van der Waals surface area contributed by atoms with Gasteiger partial charge in [0, 0.05) is 31.0 Å². The number of anilines is 2. The zero-order chi connectivity index (χ0) is 16.9. The van der Waals surface area contributed by atoms with E-state index in [0.717, 1.165) is 31.6 Å². The SMILES string of the molecule is N#Cc1ccnc(NC2CCCN(c3ccccc3C(N)=O)C2)c1. The molecule has 0 radical (unpaired) electrons. The Hall–Kier alpha value is -3.07. The Labute approximate surface area is 140 Å². The van der Waals surface area contributed by atoms with Crippen LogP contribution in [0.4, 0.5) is 11.5 Å². The van der Waals surface area contributed by atoms with E-state index < -0.39 is 5.91 Å². The van der Waals surface area contributed by atoms with Gasteiger partial charge >= 0.3 is 0 Å². The lowest BCUT2D eigenvalue weighted by atomic mass is 10.0. The molecule has 6 heteroatoms. The molecule has 3 rings (SSSR count). The second-order valence-corrected chi connectivity index (χ2v) is 5.85. The van der Waals surface area contributed by atoms with Gasteiger partial charge in [0.05, 0.1) is 17.2 Å². The average molecular weight is 321 g/mol. The Balaban J connectivity index is 1.75. The first-order valence-electron chi connectivity index (χ1n) is 7.94. The molecule has 3 N–H and O–H groups in total. The van der Waals surface area contributed by atoms with Crippen LogP contribution in [0.25, 0.3) is 0 Å². The molecule has 1 amide bonds. The van der Waals surface area contributed by atoms with E-state index >= 15 is 0 Å². The van der Waals surface area contributed by atoms with Crippen molar-refractivity contribution in [3.8, 4) is 6.07 Å². The third-order valence-electron chi connectivity index (χ3n) is 4.17. The maximum Gasteiger partial charge on any atom is 0.250 e. The number of carbonyl (C=O) groups excluding carboxylic acids is 1. The van der Waals surface area contributed by atoms with E-state index in [4.69, 9.17) is 11.0 Å². The molecule has 1 aliphatic heterocycles. The van der Waals surface area contributed by atoms with Crippen molar-refractivity contribution in [1.29, 1.82) is 5.26 Å². The standard InChI is InChI=1S/C18H19N5O/c19-11-13-7-8-21-17(10-13)22-14-4-3-9-23(12-14)16-6-2-1-5-15(16)18(20)24/h1-2,5-8,10,14H,3-4,9,12H2,(H2,20,24)(H,21,22). The average Bonchev–Trinajstić information content (AvgIpc) is 2.62. The van der Waals surface area contributed by atoms with Gasteiger partial charge in [-0.15, -0.1) is 0 Å². The summed E-state index contributed by atoms with van der Waals surface area (Å²) >= 11 is 0. The molecule has 0 bridgehead atoms. The molecule has 0 saturated carbocycles. The number of pyridine rings is 1. The Kier molecular flexibility index (Phi) is 4.62. The fraction of sp³-hybridized carbons (Fsp3) is 0.278. The van der Waals surface area contributed by atoms with Crippen LogP contribution >= 0.6 is 0 Å². The highest BCUT2D eigenvalue weighted by Crippen LogP contribution is 2.25. The largest absolute Gasteiger partial charge is 0.369 e. The predicted octanol–water partition coefficient (Wildman–Crippen LogP) is 2.13. The molecular weight excluding hydrogens is 302 g/mol. The van der Waals surface area contributed by atoms with Crippen molar-refractivity contribution < 1.29 is 4.79 Å². The van der Waals surface area contributed by atoms with Crippen molar-refractivity contribution in [3.05, 3.63) is 53.7 Å². The van der Waals surface area contributed by atoms with Crippen LogP contribution in [0.15, 0.2) is 42.6 Å². The summed E-state index contributed by atoms with van der Waals surface area (Å²) in [6.45, 7) is 1.64. The topological polar surface area (TPSA) is 95.0 Å². The number of amides is 1. The number of nitriles is 1. The number of para-hydroxylation sites is 1. The van der Waals surface area contributed by atoms with E-state index in [-0.39, 0.29) is 6.04 Å². The van der Waals surface area contributed by atoms with Crippen LogP contribution in [0.3, 0.4) is 0 Å². The molecule has 122 valence electrons. The van der Waals surface area contributed by atoms with Gasteiger partial charge in [-0.2, -0.15) is 5.26 Å². The van der Waals surface area contributed by atoms with Crippen molar-refractivity contribution in [2.24, 2.45) is 5.73 Å². The Morgan fingerprint density at radius 3 is 3.00 bits per heavy atom. The van der Waals surface area contributed by atoms with E-state index in [1.54, 1.807) is 24.4 Å². The highest BCUT2D eigenvalue weighted by atomic mass is 16.1. The van der Waals surface area contributed by atoms with E-state index in [9.17, 15) is 4.79 Å². The summed E-state index contributed by atoms with van der Waals surface area (Å²) in [5.74, 6) is 0.285. The Morgan fingerprint density at radius 2 is 2.21 bits per heavy atom. The number of carbonyl (C=O) groups is 1.